The topological polar surface area (TPSA) is 34.6 Å². The lowest BCUT2D eigenvalue weighted by molar-refractivity contribution is 0.00578. The Morgan fingerprint density at radius 1 is 0.958 bits per heavy atom. The van der Waals surface area contributed by atoms with Crippen LogP contribution >= 0.6 is 0 Å². The van der Waals surface area contributed by atoms with Gasteiger partial charge in [-0.2, -0.15) is 0 Å². The van der Waals surface area contributed by atoms with E-state index in [-0.39, 0.29) is 11.2 Å². The molecule has 3 rings (SSSR count). The number of hydrogen-bond acceptors (Lipinski definition) is 4. The fraction of sp³-hybridized carbons (Fsp3) is 0.421. The molecule has 2 heterocycles. The Hall–Kier alpha value is -1.85. The molecule has 1 aliphatic rings. The molecule has 0 aliphatic carbocycles. The predicted octanol–water partition coefficient (Wildman–Crippen LogP) is 3.02. The normalized spacial score (nSPS) is 18.6. The molecular formula is C19H25BN2O2. The van der Waals surface area contributed by atoms with E-state index in [0.29, 0.717) is 0 Å². The van der Waals surface area contributed by atoms with E-state index < -0.39 is 7.12 Å². The number of aromatic nitrogens is 1. The zero-order valence-electron chi connectivity index (χ0n) is 15.1. The zero-order chi connectivity index (χ0) is 17.4. The molecule has 1 aromatic carbocycles. The standard InChI is InChI=1S/C19H25BN2O2/c1-18(2)19(3,4)24-20(23-18)17-12-11-16(13-21-17)22(5)14-15-9-7-6-8-10-15/h6-13H,14H2,1-5H3. The first-order valence-electron chi connectivity index (χ1n) is 8.35. The van der Waals surface area contributed by atoms with Crippen LogP contribution in [0.2, 0.25) is 0 Å². The van der Waals surface area contributed by atoms with Crippen LogP contribution in [-0.2, 0) is 15.9 Å². The minimum atomic E-state index is -0.413. The first kappa shape index (κ1) is 17.0. The summed E-state index contributed by atoms with van der Waals surface area (Å²) in [6.45, 7) is 9.05. The minimum absolute atomic E-state index is 0.345. The van der Waals surface area contributed by atoms with Crippen LogP contribution in [0.25, 0.3) is 0 Å². The Balaban J connectivity index is 1.70. The molecule has 24 heavy (non-hydrogen) atoms. The summed E-state index contributed by atoms with van der Waals surface area (Å²) in [6.07, 6.45) is 1.88. The van der Waals surface area contributed by atoms with Crippen molar-refractivity contribution >= 4 is 18.4 Å². The highest BCUT2D eigenvalue weighted by molar-refractivity contribution is 6.61. The van der Waals surface area contributed by atoms with Crippen molar-refractivity contribution < 1.29 is 9.31 Å². The van der Waals surface area contributed by atoms with E-state index in [1.54, 1.807) is 0 Å². The summed E-state index contributed by atoms with van der Waals surface area (Å²) in [7, 11) is 1.65. The second kappa shape index (κ2) is 6.23. The van der Waals surface area contributed by atoms with Crippen LogP contribution in [0.15, 0.2) is 48.7 Å². The maximum absolute atomic E-state index is 6.05. The van der Waals surface area contributed by atoms with Crippen molar-refractivity contribution in [2.24, 2.45) is 0 Å². The predicted molar refractivity (Wildman–Crippen MR) is 98.5 cm³/mol. The lowest BCUT2D eigenvalue weighted by atomic mass is 9.84. The summed E-state index contributed by atoms with van der Waals surface area (Å²) in [5.41, 5.74) is 2.46. The van der Waals surface area contributed by atoms with Gasteiger partial charge in [0.1, 0.15) is 0 Å². The maximum atomic E-state index is 6.05. The van der Waals surface area contributed by atoms with Crippen LogP contribution in [0.3, 0.4) is 0 Å². The molecule has 1 fully saturated rings. The van der Waals surface area contributed by atoms with Crippen molar-refractivity contribution in [3.05, 3.63) is 54.2 Å². The van der Waals surface area contributed by atoms with Crippen LogP contribution < -0.4 is 10.5 Å². The van der Waals surface area contributed by atoms with Gasteiger partial charge in [0.15, 0.2) is 0 Å². The van der Waals surface area contributed by atoms with Gasteiger partial charge in [0.25, 0.3) is 0 Å². The van der Waals surface area contributed by atoms with Gasteiger partial charge in [0.05, 0.1) is 22.5 Å². The lowest BCUT2D eigenvalue weighted by Crippen LogP contribution is -2.41. The summed E-state index contributed by atoms with van der Waals surface area (Å²) >= 11 is 0. The lowest BCUT2D eigenvalue weighted by Gasteiger charge is -2.32. The Bertz CT molecular complexity index is 670. The number of nitrogens with zero attached hydrogens (tertiary/aromatic N) is 2. The van der Waals surface area contributed by atoms with E-state index in [1.165, 1.54) is 5.56 Å². The Morgan fingerprint density at radius 3 is 2.12 bits per heavy atom. The number of anilines is 1. The molecule has 0 atom stereocenters. The third-order valence-corrected chi connectivity index (χ3v) is 4.97. The molecular weight excluding hydrogens is 299 g/mol. The Labute approximate surface area is 145 Å². The molecule has 0 radical (unpaired) electrons. The number of rotatable bonds is 4. The number of benzene rings is 1. The second-order valence-corrected chi connectivity index (χ2v) is 7.37. The zero-order valence-corrected chi connectivity index (χ0v) is 15.1. The van der Waals surface area contributed by atoms with E-state index >= 15 is 0 Å². The minimum Gasteiger partial charge on any atom is -0.398 e. The van der Waals surface area contributed by atoms with Gasteiger partial charge in [-0.05, 0) is 45.4 Å². The second-order valence-electron chi connectivity index (χ2n) is 7.37. The average Bonchev–Trinajstić information content (AvgIpc) is 2.76. The molecule has 0 N–H and O–H groups in total. The molecule has 0 bridgehead atoms. The molecule has 0 unspecified atom stereocenters. The van der Waals surface area contributed by atoms with Gasteiger partial charge in [0, 0.05) is 19.8 Å². The molecule has 1 saturated heterocycles. The van der Waals surface area contributed by atoms with E-state index in [9.17, 15) is 0 Å². The van der Waals surface area contributed by atoms with Gasteiger partial charge >= 0.3 is 7.12 Å². The molecule has 0 amide bonds. The van der Waals surface area contributed by atoms with E-state index in [0.717, 1.165) is 17.8 Å². The first-order chi connectivity index (χ1) is 11.3. The van der Waals surface area contributed by atoms with E-state index in [4.69, 9.17) is 9.31 Å². The van der Waals surface area contributed by atoms with Crippen LogP contribution in [0.5, 0.6) is 0 Å². The largest absolute Gasteiger partial charge is 0.514 e. The molecule has 2 aromatic rings. The molecule has 4 nitrogen and oxygen atoms in total. The quantitative estimate of drug-likeness (QED) is 0.810. The monoisotopic (exact) mass is 324 g/mol. The maximum Gasteiger partial charge on any atom is 0.514 e. The number of pyridine rings is 1. The van der Waals surface area contributed by atoms with Crippen LogP contribution in [0.4, 0.5) is 5.69 Å². The molecule has 1 aliphatic heterocycles. The fourth-order valence-corrected chi connectivity index (χ4v) is 2.68. The molecule has 1 aromatic heterocycles. The van der Waals surface area contributed by atoms with Crippen LogP contribution in [0, 0.1) is 0 Å². The van der Waals surface area contributed by atoms with Gasteiger partial charge in [0.2, 0.25) is 0 Å². The smallest absolute Gasteiger partial charge is 0.398 e. The fourth-order valence-electron chi connectivity index (χ4n) is 2.68. The van der Waals surface area contributed by atoms with Crippen molar-refractivity contribution in [1.82, 2.24) is 4.98 Å². The highest BCUT2D eigenvalue weighted by Crippen LogP contribution is 2.36. The van der Waals surface area contributed by atoms with Gasteiger partial charge in [-0.1, -0.05) is 30.3 Å². The molecule has 0 spiro atoms. The molecule has 0 saturated carbocycles. The van der Waals surface area contributed by atoms with Crippen molar-refractivity contribution in [3.63, 3.8) is 0 Å². The summed E-state index contributed by atoms with van der Waals surface area (Å²) in [5, 5.41) is 0. The first-order valence-corrected chi connectivity index (χ1v) is 8.35. The van der Waals surface area contributed by atoms with E-state index in [1.807, 2.05) is 18.3 Å². The highest BCUT2D eigenvalue weighted by Gasteiger charge is 2.52. The number of hydrogen-bond donors (Lipinski definition) is 0. The van der Waals surface area contributed by atoms with Crippen LogP contribution in [-0.4, -0.2) is 30.4 Å². The Kier molecular flexibility index (Phi) is 4.41. The molecule has 126 valence electrons. The van der Waals surface area contributed by atoms with Gasteiger partial charge < -0.3 is 14.2 Å². The van der Waals surface area contributed by atoms with Gasteiger partial charge in [-0.3, -0.25) is 4.98 Å². The summed E-state index contributed by atoms with van der Waals surface area (Å²) < 4.78 is 12.1. The van der Waals surface area contributed by atoms with Crippen molar-refractivity contribution in [2.45, 2.75) is 45.4 Å². The van der Waals surface area contributed by atoms with E-state index in [2.05, 4.69) is 75.0 Å². The summed E-state index contributed by atoms with van der Waals surface area (Å²) in [4.78, 5) is 6.74. The molecule has 5 heteroatoms. The van der Waals surface area contributed by atoms with Gasteiger partial charge in [-0.25, -0.2) is 0 Å². The SMILES string of the molecule is CN(Cc1ccccc1)c1ccc(B2OC(C)(C)C(C)(C)O2)nc1. The van der Waals surface area contributed by atoms with Gasteiger partial charge in [-0.15, -0.1) is 0 Å². The van der Waals surface area contributed by atoms with Crippen molar-refractivity contribution in [3.8, 4) is 0 Å². The third-order valence-electron chi connectivity index (χ3n) is 4.97. The van der Waals surface area contributed by atoms with Crippen LogP contribution in [0.1, 0.15) is 33.3 Å². The van der Waals surface area contributed by atoms with Crippen molar-refractivity contribution in [2.75, 3.05) is 11.9 Å². The summed E-state index contributed by atoms with van der Waals surface area (Å²) in [5.74, 6) is 0. The van der Waals surface area contributed by atoms with Crippen molar-refractivity contribution in [1.29, 1.82) is 0 Å². The summed E-state index contributed by atoms with van der Waals surface area (Å²) in [6, 6.07) is 14.5. The Morgan fingerprint density at radius 2 is 1.58 bits per heavy atom. The highest BCUT2D eigenvalue weighted by atomic mass is 16.7. The third kappa shape index (κ3) is 3.33. The average molecular weight is 324 g/mol.